The molecule has 0 bridgehead atoms. The van der Waals surface area contributed by atoms with E-state index in [0.717, 1.165) is 16.8 Å². The van der Waals surface area contributed by atoms with Gasteiger partial charge in [0, 0.05) is 10.7 Å². The summed E-state index contributed by atoms with van der Waals surface area (Å²) in [6.07, 6.45) is -0.835. The molecule has 10 heteroatoms. The molecule has 0 aliphatic carbocycles. The van der Waals surface area contributed by atoms with Crippen LogP contribution in [0.15, 0.2) is 60.7 Å². The highest BCUT2D eigenvalue weighted by molar-refractivity contribution is 7.80. The lowest BCUT2D eigenvalue weighted by molar-refractivity contribution is -0.125. The molecule has 1 atom stereocenters. The number of halogens is 2. The maximum absolute atomic E-state index is 12.5. The molecule has 1 heterocycles. The van der Waals surface area contributed by atoms with Gasteiger partial charge in [0.2, 0.25) is 0 Å². The lowest BCUT2D eigenvalue weighted by atomic mass is 10.2. The van der Waals surface area contributed by atoms with Crippen LogP contribution in [-0.2, 0) is 4.79 Å². The lowest BCUT2D eigenvalue weighted by Crippen LogP contribution is -2.42. The minimum Gasteiger partial charge on any atom is -0.479 e. The van der Waals surface area contributed by atoms with Crippen LogP contribution in [0.3, 0.4) is 0 Å². The van der Waals surface area contributed by atoms with Gasteiger partial charge in [0.05, 0.1) is 10.7 Å². The van der Waals surface area contributed by atoms with Crippen molar-refractivity contribution in [3.8, 4) is 11.4 Å². The first-order valence-corrected chi connectivity index (χ1v) is 11.1. The van der Waals surface area contributed by atoms with Crippen LogP contribution in [0.25, 0.3) is 16.7 Å². The number of rotatable bonds is 5. The number of para-hydroxylation sites is 1. The summed E-state index contributed by atoms with van der Waals surface area (Å²) in [5.41, 5.74) is 3.91. The molecule has 1 amide bonds. The number of carbonyl (C=O) groups excluding carboxylic acids is 1. The molecule has 0 fully saturated rings. The second-order valence-corrected chi connectivity index (χ2v) is 8.51. The molecule has 4 rings (SSSR count). The van der Waals surface area contributed by atoms with E-state index in [1.165, 1.54) is 0 Å². The molecule has 0 saturated heterocycles. The average Bonchev–Trinajstić information content (AvgIpc) is 3.19. The Morgan fingerprint density at radius 2 is 1.76 bits per heavy atom. The fraction of sp³-hybridized carbons (Fsp3) is 0.130. The van der Waals surface area contributed by atoms with Crippen molar-refractivity contribution in [1.29, 1.82) is 0 Å². The van der Waals surface area contributed by atoms with E-state index in [1.54, 1.807) is 29.9 Å². The number of amides is 1. The molecule has 0 radical (unpaired) electrons. The third kappa shape index (κ3) is 5.42. The number of fused-ring (bicyclic) bond motifs is 1. The van der Waals surface area contributed by atoms with Crippen molar-refractivity contribution < 1.29 is 9.53 Å². The molecule has 3 aromatic carbocycles. The van der Waals surface area contributed by atoms with Gasteiger partial charge in [-0.3, -0.25) is 10.1 Å². The first-order valence-electron chi connectivity index (χ1n) is 9.97. The Morgan fingerprint density at radius 1 is 1.06 bits per heavy atom. The molecule has 4 aromatic rings. The van der Waals surface area contributed by atoms with Crippen molar-refractivity contribution in [3.05, 3.63) is 76.3 Å². The van der Waals surface area contributed by atoms with Gasteiger partial charge in [0.15, 0.2) is 11.2 Å². The van der Waals surface area contributed by atoms with Crippen molar-refractivity contribution in [2.24, 2.45) is 0 Å². The van der Waals surface area contributed by atoms with Crippen LogP contribution in [-0.4, -0.2) is 32.1 Å². The summed E-state index contributed by atoms with van der Waals surface area (Å²) in [4.78, 5) is 14.1. The molecule has 33 heavy (non-hydrogen) atoms. The normalized spacial score (nSPS) is 11.8. The highest BCUT2D eigenvalue weighted by Gasteiger charge is 2.18. The van der Waals surface area contributed by atoms with E-state index >= 15 is 0 Å². The van der Waals surface area contributed by atoms with E-state index in [-0.39, 0.29) is 5.11 Å². The van der Waals surface area contributed by atoms with E-state index in [9.17, 15) is 4.79 Å². The molecule has 1 unspecified atom stereocenters. The number of nitrogens with one attached hydrogen (secondary N) is 2. The van der Waals surface area contributed by atoms with Crippen molar-refractivity contribution >= 4 is 63.2 Å². The molecule has 7 nitrogen and oxygen atoms in total. The maximum atomic E-state index is 12.5. The van der Waals surface area contributed by atoms with Crippen LogP contribution < -0.4 is 15.4 Å². The third-order valence-electron chi connectivity index (χ3n) is 4.77. The highest BCUT2D eigenvalue weighted by Crippen LogP contribution is 2.28. The highest BCUT2D eigenvalue weighted by atomic mass is 35.5. The zero-order valence-electron chi connectivity index (χ0n) is 17.7. The second kappa shape index (κ2) is 9.74. The van der Waals surface area contributed by atoms with Gasteiger partial charge in [-0.2, -0.15) is 4.80 Å². The topological polar surface area (TPSA) is 81.1 Å². The molecule has 0 aliphatic heterocycles. The fourth-order valence-electron chi connectivity index (χ4n) is 3.06. The first kappa shape index (κ1) is 23.0. The molecule has 0 spiro atoms. The number of ether oxygens (including phenoxy) is 1. The summed E-state index contributed by atoms with van der Waals surface area (Å²) in [6.45, 7) is 3.52. The summed E-state index contributed by atoms with van der Waals surface area (Å²) in [6, 6.07) is 18.2. The fourth-order valence-corrected chi connectivity index (χ4v) is 3.72. The minimum atomic E-state index is -0.835. The minimum absolute atomic E-state index is 0.135. The van der Waals surface area contributed by atoms with Gasteiger partial charge in [0.25, 0.3) is 5.91 Å². The third-order valence-corrected chi connectivity index (χ3v) is 5.50. The number of aryl methyl sites for hydroxylation is 1. The van der Waals surface area contributed by atoms with E-state index in [4.69, 9.17) is 40.2 Å². The molecule has 0 aliphatic rings. The zero-order chi connectivity index (χ0) is 23.5. The Labute approximate surface area is 205 Å². The Bertz CT molecular complexity index is 1340. The van der Waals surface area contributed by atoms with Crippen LogP contribution in [0.1, 0.15) is 12.5 Å². The maximum Gasteiger partial charge on any atom is 0.266 e. The van der Waals surface area contributed by atoms with E-state index in [0.29, 0.717) is 27.0 Å². The van der Waals surface area contributed by atoms with Crippen LogP contribution in [0.4, 0.5) is 5.69 Å². The number of thiocarbonyl (C=S) groups is 1. The standard InChI is InChI=1S/C23H19Cl2N5O2S/c1-13-10-19-20(29-30(28-19)16-6-4-3-5-7-16)12-18(13)26-23(33)27-22(31)14(2)32-21-9-8-15(24)11-17(21)25/h3-12,14H,1-2H3,(H2,26,27,31,33). The van der Waals surface area contributed by atoms with Crippen molar-refractivity contribution in [2.45, 2.75) is 20.0 Å². The summed E-state index contributed by atoms with van der Waals surface area (Å²) < 4.78 is 5.63. The monoisotopic (exact) mass is 499 g/mol. The van der Waals surface area contributed by atoms with Gasteiger partial charge in [-0.05, 0) is 74.1 Å². The smallest absolute Gasteiger partial charge is 0.266 e. The lowest BCUT2D eigenvalue weighted by Gasteiger charge is -2.17. The molecular formula is C23H19Cl2N5O2S. The molecule has 0 saturated carbocycles. The van der Waals surface area contributed by atoms with Gasteiger partial charge in [-0.25, -0.2) is 0 Å². The van der Waals surface area contributed by atoms with E-state index < -0.39 is 12.0 Å². The SMILES string of the molecule is Cc1cc2nn(-c3ccccc3)nc2cc1NC(=S)NC(=O)C(C)Oc1ccc(Cl)cc1Cl. The number of nitrogens with zero attached hydrogens (tertiary/aromatic N) is 3. The second-order valence-electron chi connectivity index (χ2n) is 7.26. The molecular weight excluding hydrogens is 481 g/mol. The quantitative estimate of drug-likeness (QED) is 0.362. The number of carbonyl (C=O) groups is 1. The number of hydrogen-bond donors (Lipinski definition) is 2. The van der Waals surface area contributed by atoms with Crippen molar-refractivity contribution in [2.75, 3.05) is 5.32 Å². The summed E-state index contributed by atoms with van der Waals surface area (Å²) in [5.74, 6) is -0.0716. The van der Waals surface area contributed by atoms with Gasteiger partial charge in [-0.15, -0.1) is 10.2 Å². The summed E-state index contributed by atoms with van der Waals surface area (Å²) in [5, 5.41) is 15.7. The van der Waals surface area contributed by atoms with Crippen molar-refractivity contribution in [1.82, 2.24) is 20.3 Å². The number of aromatic nitrogens is 3. The molecule has 168 valence electrons. The predicted molar refractivity (Wildman–Crippen MR) is 135 cm³/mol. The van der Waals surface area contributed by atoms with Gasteiger partial charge in [0.1, 0.15) is 16.8 Å². The Balaban J connectivity index is 1.43. The van der Waals surface area contributed by atoms with E-state index in [1.807, 2.05) is 49.4 Å². The predicted octanol–water partition coefficient (Wildman–Crippen LogP) is 5.32. The Morgan fingerprint density at radius 3 is 2.45 bits per heavy atom. The van der Waals surface area contributed by atoms with Crippen LogP contribution >= 0.6 is 35.4 Å². The number of anilines is 1. The van der Waals surface area contributed by atoms with Crippen LogP contribution in [0.5, 0.6) is 5.75 Å². The summed E-state index contributed by atoms with van der Waals surface area (Å²) >= 11 is 17.3. The largest absolute Gasteiger partial charge is 0.479 e. The zero-order valence-corrected chi connectivity index (χ0v) is 20.0. The molecule has 1 aromatic heterocycles. The van der Waals surface area contributed by atoms with Crippen LogP contribution in [0, 0.1) is 6.92 Å². The Kier molecular flexibility index (Phi) is 6.78. The van der Waals surface area contributed by atoms with Gasteiger partial charge in [-0.1, -0.05) is 41.4 Å². The van der Waals surface area contributed by atoms with E-state index in [2.05, 4.69) is 20.8 Å². The van der Waals surface area contributed by atoms with Crippen LogP contribution in [0.2, 0.25) is 10.0 Å². The first-order chi connectivity index (χ1) is 15.8. The van der Waals surface area contributed by atoms with Gasteiger partial charge >= 0.3 is 0 Å². The van der Waals surface area contributed by atoms with Crippen molar-refractivity contribution in [3.63, 3.8) is 0 Å². The Hall–Kier alpha value is -3.20. The molecule has 2 N–H and O–H groups in total. The summed E-state index contributed by atoms with van der Waals surface area (Å²) in [7, 11) is 0. The number of benzene rings is 3. The number of hydrogen-bond acceptors (Lipinski definition) is 5. The van der Waals surface area contributed by atoms with Gasteiger partial charge < -0.3 is 10.1 Å². The average molecular weight is 500 g/mol.